The molecule has 3 atom stereocenters. The zero-order valence-corrected chi connectivity index (χ0v) is 17.0. The highest BCUT2D eigenvalue weighted by Crippen LogP contribution is 2.48. The van der Waals surface area contributed by atoms with Gasteiger partial charge < -0.3 is 9.47 Å². The Kier molecular flexibility index (Phi) is 5.41. The van der Waals surface area contributed by atoms with Gasteiger partial charge in [-0.05, 0) is 42.5 Å². The topological polar surface area (TPSA) is 55.8 Å². The van der Waals surface area contributed by atoms with Crippen LogP contribution in [-0.2, 0) is 27.3 Å². The molecule has 2 aromatic rings. The summed E-state index contributed by atoms with van der Waals surface area (Å²) in [7, 11) is 3.04. The van der Waals surface area contributed by atoms with Crippen molar-refractivity contribution in [1.29, 1.82) is 0 Å². The Bertz CT molecular complexity index is 897. The first-order valence-electron chi connectivity index (χ1n) is 10.1. The fourth-order valence-corrected chi connectivity index (χ4v) is 5.13. The van der Waals surface area contributed by atoms with Gasteiger partial charge in [0.1, 0.15) is 11.2 Å². The molecule has 2 bridgehead atoms. The first-order valence-corrected chi connectivity index (χ1v) is 10.1. The summed E-state index contributed by atoms with van der Waals surface area (Å²) in [4.78, 5) is 28.8. The van der Waals surface area contributed by atoms with Gasteiger partial charge in [0.2, 0.25) is 0 Å². The number of ketones is 1. The predicted octanol–water partition coefficient (Wildman–Crippen LogP) is 3.40. The number of benzene rings is 2. The van der Waals surface area contributed by atoms with E-state index in [9.17, 15) is 9.59 Å². The first-order chi connectivity index (χ1) is 14.1. The van der Waals surface area contributed by atoms with Crippen LogP contribution in [0.1, 0.15) is 30.4 Å². The average molecular weight is 393 g/mol. The summed E-state index contributed by atoms with van der Waals surface area (Å²) in [5.74, 6) is 0.418. The number of carbonyl (C=O) groups excluding carboxylic acids is 2. The molecule has 0 radical (unpaired) electrons. The van der Waals surface area contributed by atoms with E-state index in [1.165, 1.54) is 7.11 Å². The molecule has 29 heavy (non-hydrogen) atoms. The molecule has 152 valence electrons. The number of piperidine rings is 1. The van der Waals surface area contributed by atoms with Crippen molar-refractivity contribution < 1.29 is 19.1 Å². The van der Waals surface area contributed by atoms with Crippen molar-refractivity contribution >= 4 is 11.8 Å². The molecule has 2 fully saturated rings. The van der Waals surface area contributed by atoms with Crippen LogP contribution in [0.2, 0.25) is 0 Å². The van der Waals surface area contributed by atoms with Crippen LogP contribution in [0, 0.1) is 5.41 Å². The van der Waals surface area contributed by atoms with Gasteiger partial charge in [0.25, 0.3) is 0 Å². The van der Waals surface area contributed by atoms with Gasteiger partial charge in [-0.25, -0.2) is 0 Å². The first kappa shape index (κ1) is 19.6. The number of ether oxygens (including phenoxy) is 2. The maximum Gasteiger partial charge on any atom is 0.321 e. The normalized spacial score (nSPS) is 26.3. The van der Waals surface area contributed by atoms with Crippen LogP contribution in [0.4, 0.5) is 0 Å². The van der Waals surface area contributed by atoms with Crippen molar-refractivity contribution in [2.24, 2.45) is 5.41 Å². The number of esters is 1. The Labute approximate surface area is 171 Å². The quantitative estimate of drug-likeness (QED) is 0.556. The molecule has 0 amide bonds. The van der Waals surface area contributed by atoms with E-state index in [0.717, 1.165) is 29.7 Å². The van der Waals surface area contributed by atoms with Crippen molar-refractivity contribution in [1.82, 2.24) is 4.90 Å². The van der Waals surface area contributed by atoms with E-state index in [4.69, 9.17) is 9.47 Å². The minimum atomic E-state index is -1.15. The van der Waals surface area contributed by atoms with Gasteiger partial charge in [-0.2, -0.15) is 0 Å². The number of fused-ring (bicyclic) bond motifs is 2. The molecule has 5 nitrogen and oxygen atoms in total. The van der Waals surface area contributed by atoms with Crippen LogP contribution >= 0.6 is 0 Å². The maximum atomic E-state index is 13.3. The van der Waals surface area contributed by atoms with Crippen LogP contribution in [0.5, 0.6) is 5.75 Å². The summed E-state index contributed by atoms with van der Waals surface area (Å²) in [5, 5.41) is 0. The van der Waals surface area contributed by atoms with Gasteiger partial charge in [-0.15, -0.1) is 0 Å². The summed E-state index contributed by atoms with van der Waals surface area (Å²) < 4.78 is 10.6. The molecule has 0 aromatic heterocycles. The zero-order chi connectivity index (χ0) is 20.4. The molecule has 2 saturated heterocycles. The zero-order valence-electron chi connectivity index (χ0n) is 17.0. The van der Waals surface area contributed by atoms with Gasteiger partial charge in [0.15, 0.2) is 5.78 Å². The van der Waals surface area contributed by atoms with Crippen molar-refractivity contribution in [3.63, 3.8) is 0 Å². The molecule has 2 aromatic carbocycles. The van der Waals surface area contributed by atoms with E-state index in [1.54, 1.807) is 7.11 Å². The second-order valence-corrected chi connectivity index (χ2v) is 8.02. The van der Waals surface area contributed by atoms with E-state index >= 15 is 0 Å². The second kappa shape index (κ2) is 7.99. The maximum absolute atomic E-state index is 13.3. The standard InChI is InChI=1S/C24H27NO4/c1-28-20-10-6-9-18(13-20)16-25-19-11-12-21(25)24(22(26)14-19,23(27)29-2)15-17-7-4-3-5-8-17/h3-10,13,19,21H,11-12,14-16H2,1-2H3/t19-,21-,24-/m1/s1. The fourth-order valence-electron chi connectivity index (χ4n) is 5.13. The molecule has 0 spiro atoms. The van der Waals surface area contributed by atoms with E-state index in [2.05, 4.69) is 11.0 Å². The lowest BCUT2D eigenvalue weighted by Gasteiger charge is -2.45. The number of nitrogens with zero attached hydrogens (tertiary/aromatic N) is 1. The highest BCUT2D eigenvalue weighted by Gasteiger charge is 2.61. The van der Waals surface area contributed by atoms with Gasteiger partial charge in [0, 0.05) is 25.0 Å². The SMILES string of the molecule is COC(=O)[C@@]1(Cc2ccccc2)C(=O)C[C@H]2CC[C@H]1N2Cc1cccc(OC)c1. The van der Waals surface area contributed by atoms with Crippen LogP contribution < -0.4 is 4.74 Å². The fraction of sp³-hybridized carbons (Fsp3) is 0.417. The molecule has 0 N–H and O–H groups in total. The Morgan fingerprint density at radius 3 is 2.55 bits per heavy atom. The molecule has 0 aliphatic carbocycles. The molecule has 5 heteroatoms. The van der Waals surface area contributed by atoms with E-state index < -0.39 is 11.4 Å². The number of rotatable bonds is 6. The number of carbonyl (C=O) groups is 2. The third-order valence-electron chi connectivity index (χ3n) is 6.50. The van der Waals surface area contributed by atoms with Crippen LogP contribution in [0.3, 0.4) is 0 Å². The van der Waals surface area contributed by atoms with E-state index in [1.807, 2.05) is 48.5 Å². The van der Waals surface area contributed by atoms with Crippen molar-refractivity contribution in [3.05, 3.63) is 65.7 Å². The third-order valence-corrected chi connectivity index (χ3v) is 6.50. The van der Waals surface area contributed by atoms with E-state index in [0.29, 0.717) is 19.4 Å². The predicted molar refractivity (Wildman–Crippen MR) is 110 cm³/mol. The van der Waals surface area contributed by atoms with Crippen molar-refractivity contribution in [2.45, 2.75) is 44.3 Å². The summed E-state index contributed by atoms with van der Waals surface area (Å²) >= 11 is 0. The molecule has 4 rings (SSSR count). The number of Topliss-reactive ketones (excluding diaryl/α,β-unsaturated/α-hetero) is 1. The molecular formula is C24H27NO4. The van der Waals surface area contributed by atoms with Crippen molar-refractivity contribution in [3.8, 4) is 5.75 Å². The number of hydrogen-bond donors (Lipinski definition) is 0. The highest BCUT2D eigenvalue weighted by atomic mass is 16.5. The summed E-state index contributed by atoms with van der Waals surface area (Å²) in [6.07, 6.45) is 2.52. The molecule has 2 aliphatic heterocycles. The third kappa shape index (κ3) is 3.44. The second-order valence-electron chi connectivity index (χ2n) is 8.02. The van der Waals surface area contributed by atoms with Gasteiger partial charge in [-0.3, -0.25) is 14.5 Å². The smallest absolute Gasteiger partial charge is 0.321 e. The Morgan fingerprint density at radius 1 is 1.07 bits per heavy atom. The van der Waals surface area contributed by atoms with Gasteiger partial charge in [0.05, 0.1) is 14.2 Å². The van der Waals surface area contributed by atoms with Gasteiger partial charge in [-0.1, -0.05) is 42.5 Å². The Hall–Kier alpha value is -2.66. The molecule has 0 unspecified atom stereocenters. The number of methoxy groups -OCH3 is 2. The monoisotopic (exact) mass is 393 g/mol. The van der Waals surface area contributed by atoms with E-state index in [-0.39, 0.29) is 17.9 Å². The van der Waals surface area contributed by atoms with Crippen molar-refractivity contribution in [2.75, 3.05) is 14.2 Å². The minimum absolute atomic E-state index is 0.0163. The molecule has 2 heterocycles. The summed E-state index contributed by atoms with van der Waals surface area (Å²) in [6.45, 7) is 0.688. The summed E-state index contributed by atoms with van der Waals surface area (Å²) in [6, 6.07) is 17.8. The van der Waals surface area contributed by atoms with Crippen LogP contribution in [0.25, 0.3) is 0 Å². The Morgan fingerprint density at radius 2 is 1.83 bits per heavy atom. The highest BCUT2D eigenvalue weighted by molar-refractivity contribution is 6.06. The molecule has 2 aliphatic rings. The number of hydrogen-bond acceptors (Lipinski definition) is 5. The lowest BCUT2D eigenvalue weighted by molar-refractivity contribution is -0.167. The summed E-state index contributed by atoms with van der Waals surface area (Å²) in [5.41, 5.74) is 0.953. The molecular weight excluding hydrogens is 366 g/mol. The Balaban J connectivity index is 1.70. The average Bonchev–Trinajstić information content (AvgIpc) is 3.07. The van der Waals surface area contributed by atoms with Gasteiger partial charge >= 0.3 is 5.97 Å². The molecule has 0 saturated carbocycles. The lowest BCUT2D eigenvalue weighted by atomic mass is 9.68. The largest absolute Gasteiger partial charge is 0.497 e. The van der Waals surface area contributed by atoms with Crippen LogP contribution in [-0.4, -0.2) is 43.0 Å². The minimum Gasteiger partial charge on any atom is -0.497 e. The van der Waals surface area contributed by atoms with Crippen LogP contribution in [0.15, 0.2) is 54.6 Å². The lowest BCUT2D eigenvalue weighted by Crippen LogP contribution is -2.61.